The molecule has 0 radical (unpaired) electrons. The quantitative estimate of drug-likeness (QED) is 0.585. The molecule has 0 amide bonds. The summed E-state index contributed by atoms with van der Waals surface area (Å²) in [7, 11) is 0. The van der Waals surface area contributed by atoms with Crippen LogP contribution in [0.3, 0.4) is 0 Å². The molecule has 110 valence electrons. The maximum atomic E-state index is 10.2. The van der Waals surface area contributed by atoms with Crippen LogP contribution in [0.1, 0.15) is 33.6 Å². The van der Waals surface area contributed by atoms with Crippen LogP contribution in [0, 0.1) is 11.3 Å². The summed E-state index contributed by atoms with van der Waals surface area (Å²) in [5.74, 6) is 0.875. The van der Waals surface area contributed by atoms with Crippen LogP contribution in [-0.2, 0) is 4.74 Å². The fourth-order valence-corrected chi connectivity index (χ4v) is 2.78. The molecular formula is C14H27N3O2. The van der Waals surface area contributed by atoms with Gasteiger partial charge in [-0.25, -0.2) is 0 Å². The van der Waals surface area contributed by atoms with Crippen LogP contribution in [0.2, 0.25) is 0 Å². The highest BCUT2D eigenvalue weighted by atomic mass is 16.5. The van der Waals surface area contributed by atoms with Gasteiger partial charge in [0.15, 0.2) is 5.96 Å². The Morgan fingerprint density at radius 2 is 2.21 bits per heavy atom. The van der Waals surface area contributed by atoms with E-state index in [1.54, 1.807) is 0 Å². The highest BCUT2D eigenvalue weighted by molar-refractivity contribution is 5.78. The Kier molecular flexibility index (Phi) is 4.36. The van der Waals surface area contributed by atoms with E-state index in [0.29, 0.717) is 19.1 Å². The van der Waals surface area contributed by atoms with E-state index in [4.69, 9.17) is 10.5 Å². The highest BCUT2D eigenvalue weighted by Crippen LogP contribution is 2.50. The van der Waals surface area contributed by atoms with Gasteiger partial charge in [0, 0.05) is 18.5 Å². The molecule has 2 rings (SSSR count). The first-order chi connectivity index (χ1) is 8.94. The van der Waals surface area contributed by atoms with Crippen molar-refractivity contribution in [3.05, 3.63) is 0 Å². The number of aliphatic hydroxyl groups excluding tert-OH is 1. The first kappa shape index (κ1) is 14.6. The molecule has 5 heteroatoms. The van der Waals surface area contributed by atoms with E-state index in [1.807, 2.05) is 6.92 Å². The minimum Gasteiger partial charge on any atom is -0.392 e. The van der Waals surface area contributed by atoms with Crippen molar-refractivity contribution in [2.75, 3.05) is 26.2 Å². The number of morpholine rings is 1. The number of aliphatic imine (C=N–C) groups is 1. The lowest BCUT2D eigenvalue weighted by atomic mass is 9.90. The summed E-state index contributed by atoms with van der Waals surface area (Å²) >= 11 is 0. The molecule has 2 atom stereocenters. The number of nitrogens with zero attached hydrogens (tertiary/aromatic N) is 2. The first-order valence-electron chi connectivity index (χ1n) is 7.29. The largest absolute Gasteiger partial charge is 0.392 e. The summed E-state index contributed by atoms with van der Waals surface area (Å²) < 4.78 is 5.49. The first-order valence-corrected chi connectivity index (χ1v) is 7.29. The molecule has 1 saturated heterocycles. The third kappa shape index (κ3) is 3.39. The lowest BCUT2D eigenvalue weighted by molar-refractivity contribution is 0.00508. The molecule has 1 heterocycles. The van der Waals surface area contributed by atoms with Gasteiger partial charge in [0.05, 0.1) is 25.4 Å². The molecule has 2 fully saturated rings. The second-order valence-corrected chi connectivity index (χ2v) is 6.35. The number of aliphatic hydroxyl groups is 1. The molecule has 0 aromatic heterocycles. The highest BCUT2D eigenvalue weighted by Gasteiger charge is 2.49. The van der Waals surface area contributed by atoms with Crippen LogP contribution in [0.25, 0.3) is 0 Å². The van der Waals surface area contributed by atoms with E-state index in [-0.39, 0.29) is 23.5 Å². The Labute approximate surface area is 115 Å². The smallest absolute Gasteiger partial charge is 0.191 e. The maximum Gasteiger partial charge on any atom is 0.191 e. The van der Waals surface area contributed by atoms with E-state index in [9.17, 15) is 5.11 Å². The predicted octanol–water partition coefficient (Wildman–Crippen LogP) is 0.819. The lowest BCUT2D eigenvalue weighted by Crippen LogP contribution is -2.48. The standard InChI is InChI=1S/C14H27N3O2/c1-10(2)12(18)14(4-5-14)9-16-13(15)17-6-7-19-11(3)8-17/h10-12,18H,4-9H2,1-3H3,(H2,15,16). The van der Waals surface area contributed by atoms with Crippen molar-refractivity contribution in [2.24, 2.45) is 22.1 Å². The molecular weight excluding hydrogens is 242 g/mol. The minimum atomic E-state index is -0.271. The number of rotatable bonds is 4. The van der Waals surface area contributed by atoms with Crippen LogP contribution in [0.15, 0.2) is 4.99 Å². The Morgan fingerprint density at radius 3 is 2.74 bits per heavy atom. The number of guanidine groups is 1. The van der Waals surface area contributed by atoms with E-state index in [2.05, 4.69) is 23.7 Å². The van der Waals surface area contributed by atoms with Gasteiger partial charge >= 0.3 is 0 Å². The summed E-state index contributed by atoms with van der Waals surface area (Å²) in [6.45, 7) is 9.11. The molecule has 1 saturated carbocycles. The third-order valence-electron chi connectivity index (χ3n) is 4.27. The Morgan fingerprint density at radius 1 is 1.53 bits per heavy atom. The Balaban J connectivity index is 1.91. The summed E-state index contributed by atoms with van der Waals surface area (Å²) in [5.41, 5.74) is 6.04. The maximum absolute atomic E-state index is 10.2. The molecule has 2 aliphatic rings. The molecule has 0 spiro atoms. The average Bonchev–Trinajstić information content (AvgIpc) is 3.16. The monoisotopic (exact) mass is 269 g/mol. The van der Waals surface area contributed by atoms with Gasteiger partial charge in [-0.15, -0.1) is 0 Å². The summed E-state index contributed by atoms with van der Waals surface area (Å²) in [4.78, 5) is 6.60. The predicted molar refractivity (Wildman–Crippen MR) is 76.0 cm³/mol. The van der Waals surface area contributed by atoms with Gasteiger partial charge in [-0.05, 0) is 25.7 Å². The van der Waals surface area contributed by atoms with Crippen LogP contribution in [0.4, 0.5) is 0 Å². The molecule has 0 aromatic carbocycles. The molecule has 0 aromatic rings. The van der Waals surface area contributed by atoms with Crippen LogP contribution in [-0.4, -0.2) is 54.4 Å². The normalized spacial score (nSPS) is 28.6. The van der Waals surface area contributed by atoms with E-state index >= 15 is 0 Å². The second-order valence-electron chi connectivity index (χ2n) is 6.35. The average molecular weight is 269 g/mol. The van der Waals surface area contributed by atoms with E-state index in [1.165, 1.54) is 0 Å². The van der Waals surface area contributed by atoms with Gasteiger partial charge in [0.1, 0.15) is 0 Å². The zero-order valence-corrected chi connectivity index (χ0v) is 12.3. The van der Waals surface area contributed by atoms with Gasteiger partial charge < -0.3 is 20.5 Å². The number of nitrogens with two attached hydrogens (primary N) is 1. The van der Waals surface area contributed by atoms with Crippen LogP contribution < -0.4 is 5.73 Å². The van der Waals surface area contributed by atoms with Crippen molar-refractivity contribution < 1.29 is 9.84 Å². The Bertz CT molecular complexity index is 340. The number of ether oxygens (including phenoxy) is 1. The van der Waals surface area contributed by atoms with Crippen molar-refractivity contribution in [3.8, 4) is 0 Å². The van der Waals surface area contributed by atoms with Crippen molar-refractivity contribution in [2.45, 2.75) is 45.8 Å². The topological polar surface area (TPSA) is 71.1 Å². The van der Waals surface area contributed by atoms with Crippen molar-refractivity contribution in [1.29, 1.82) is 0 Å². The fourth-order valence-electron chi connectivity index (χ4n) is 2.78. The molecule has 2 unspecified atom stereocenters. The molecule has 0 bridgehead atoms. The minimum absolute atomic E-state index is 0.0172. The zero-order chi connectivity index (χ0) is 14.0. The molecule has 5 nitrogen and oxygen atoms in total. The number of hydrogen-bond donors (Lipinski definition) is 2. The summed E-state index contributed by atoms with van der Waals surface area (Å²) in [5, 5.41) is 10.2. The molecule has 1 aliphatic heterocycles. The van der Waals surface area contributed by atoms with Crippen molar-refractivity contribution in [3.63, 3.8) is 0 Å². The molecule has 19 heavy (non-hydrogen) atoms. The van der Waals surface area contributed by atoms with E-state index in [0.717, 1.165) is 25.9 Å². The second kappa shape index (κ2) is 5.67. The SMILES string of the molecule is CC1CN(C(N)=NCC2(C(O)C(C)C)CC2)CCO1. The summed E-state index contributed by atoms with van der Waals surface area (Å²) in [6.07, 6.45) is 2.05. The Hall–Kier alpha value is -0.810. The molecule has 1 aliphatic carbocycles. The molecule has 3 N–H and O–H groups in total. The van der Waals surface area contributed by atoms with Gasteiger partial charge in [0.2, 0.25) is 0 Å². The van der Waals surface area contributed by atoms with Crippen molar-refractivity contribution in [1.82, 2.24) is 4.90 Å². The van der Waals surface area contributed by atoms with Crippen LogP contribution >= 0.6 is 0 Å². The lowest BCUT2D eigenvalue weighted by Gasteiger charge is -2.32. The number of hydrogen-bond acceptors (Lipinski definition) is 3. The van der Waals surface area contributed by atoms with Gasteiger partial charge in [-0.1, -0.05) is 13.8 Å². The summed E-state index contributed by atoms with van der Waals surface area (Å²) in [6, 6.07) is 0. The third-order valence-corrected chi connectivity index (χ3v) is 4.27. The van der Waals surface area contributed by atoms with Crippen molar-refractivity contribution >= 4 is 5.96 Å². The van der Waals surface area contributed by atoms with Gasteiger partial charge in [0.25, 0.3) is 0 Å². The van der Waals surface area contributed by atoms with Gasteiger partial charge in [-0.3, -0.25) is 4.99 Å². The van der Waals surface area contributed by atoms with Crippen LogP contribution in [0.5, 0.6) is 0 Å². The van der Waals surface area contributed by atoms with E-state index < -0.39 is 0 Å². The van der Waals surface area contributed by atoms with Gasteiger partial charge in [-0.2, -0.15) is 0 Å². The fraction of sp³-hybridized carbons (Fsp3) is 0.929. The zero-order valence-electron chi connectivity index (χ0n) is 12.3.